The second-order valence-electron chi connectivity index (χ2n) is 4.76. The zero-order valence-electron chi connectivity index (χ0n) is 12.7. The first kappa shape index (κ1) is 20.1. The summed E-state index contributed by atoms with van der Waals surface area (Å²) in [5, 5.41) is 0.592. The highest BCUT2D eigenvalue weighted by molar-refractivity contribution is 7.92. The Morgan fingerprint density at radius 1 is 1.00 bits per heavy atom. The van der Waals surface area contributed by atoms with Crippen molar-refractivity contribution < 1.29 is 17.9 Å². The standard InChI is InChI=1S/C15H11Cl4NO4S/c1-24-15(21)8-20(14-6-9(16)2-4-12(14)18)25(22,23)10-3-5-11(17)13(19)7-10/h2-7H,8H2,1H3. The molecule has 10 heteroatoms. The molecule has 134 valence electrons. The smallest absolute Gasteiger partial charge is 0.326 e. The van der Waals surface area contributed by atoms with Crippen LogP contribution in [0.1, 0.15) is 0 Å². The predicted octanol–water partition coefficient (Wildman–Crippen LogP) is 4.67. The molecular formula is C15H11Cl4NO4S. The van der Waals surface area contributed by atoms with Crippen LogP contribution in [0.5, 0.6) is 0 Å². The van der Waals surface area contributed by atoms with E-state index in [4.69, 9.17) is 46.4 Å². The van der Waals surface area contributed by atoms with Crippen molar-refractivity contribution >= 4 is 68.1 Å². The molecule has 0 aromatic heterocycles. The molecule has 0 amide bonds. The molecule has 5 nitrogen and oxygen atoms in total. The molecule has 0 saturated heterocycles. The van der Waals surface area contributed by atoms with E-state index in [-0.39, 0.29) is 30.7 Å². The van der Waals surface area contributed by atoms with Crippen molar-refractivity contribution in [3.63, 3.8) is 0 Å². The summed E-state index contributed by atoms with van der Waals surface area (Å²) in [6.07, 6.45) is 0. The number of benzene rings is 2. The second kappa shape index (κ2) is 8.01. The van der Waals surface area contributed by atoms with Gasteiger partial charge in [-0.25, -0.2) is 8.42 Å². The molecule has 2 rings (SSSR count). The Balaban J connectivity index is 2.63. The van der Waals surface area contributed by atoms with Crippen LogP contribution in [0.25, 0.3) is 0 Å². The van der Waals surface area contributed by atoms with E-state index in [1.165, 1.54) is 36.4 Å². The molecule has 0 bridgehead atoms. The molecule has 25 heavy (non-hydrogen) atoms. The van der Waals surface area contributed by atoms with E-state index in [0.29, 0.717) is 0 Å². The van der Waals surface area contributed by atoms with Gasteiger partial charge in [-0.3, -0.25) is 9.10 Å². The van der Waals surface area contributed by atoms with Crippen LogP contribution < -0.4 is 4.31 Å². The predicted molar refractivity (Wildman–Crippen MR) is 99.5 cm³/mol. The average Bonchev–Trinajstić information content (AvgIpc) is 2.57. The molecule has 0 aliphatic heterocycles. The molecule has 0 aliphatic carbocycles. The Bertz CT molecular complexity index is 918. The van der Waals surface area contributed by atoms with E-state index in [2.05, 4.69) is 4.74 Å². The van der Waals surface area contributed by atoms with Crippen LogP contribution in [-0.2, 0) is 19.6 Å². The van der Waals surface area contributed by atoms with Crippen molar-refractivity contribution in [3.05, 3.63) is 56.5 Å². The summed E-state index contributed by atoms with van der Waals surface area (Å²) >= 11 is 23.8. The highest BCUT2D eigenvalue weighted by atomic mass is 35.5. The van der Waals surface area contributed by atoms with E-state index in [1.54, 1.807) is 0 Å². The lowest BCUT2D eigenvalue weighted by atomic mass is 10.3. The van der Waals surface area contributed by atoms with Gasteiger partial charge in [0.2, 0.25) is 0 Å². The van der Waals surface area contributed by atoms with E-state index >= 15 is 0 Å². The van der Waals surface area contributed by atoms with Crippen LogP contribution in [0, 0.1) is 0 Å². The Labute approximate surface area is 165 Å². The first-order valence-corrected chi connectivity index (χ1v) is 9.61. The van der Waals surface area contributed by atoms with Crippen molar-refractivity contribution in [1.29, 1.82) is 0 Å². The number of hydrogen-bond acceptors (Lipinski definition) is 4. The second-order valence-corrected chi connectivity index (χ2v) is 8.28. The highest BCUT2D eigenvalue weighted by Crippen LogP contribution is 2.34. The number of nitrogens with zero attached hydrogens (tertiary/aromatic N) is 1. The van der Waals surface area contributed by atoms with Gasteiger partial charge >= 0.3 is 5.97 Å². The zero-order valence-corrected chi connectivity index (χ0v) is 16.5. The molecule has 0 N–H and O–H groups in total. The van der Waals surface area contributed by atoms with Gasteiger partial charge in [-0.1, -0.05) is 46.4 Å². The Morgan fingerprint density at radius 3 is 2.24 bits per heavy atom. The van der Waals surface area contributed by atoms with Gasteiger partial charge in [0.1, 0.15) is 6.54 Å². The Kier molecular flexibility index (Phi) is 6.45. The minimum absolute atomic E-state index is 0.0330. The monoisotopic (exact) mass is 441 g/mol. The minimum Gasteiger partial charge on any atom is -0.468 e. The zero-order chi connectivity index (χ0) is 18.8. The van der Waals surface area contributed by atoms with Crippen LogP contribution in [0.15, 0.2) is 41.3 Å². The topological polar surface area (TPSA) is 63.7 Å². The SMILES string of the molecule is COC(=O)CN(c1cc(Cl)ccc1Cl)S(=O)(=O)c1ccc(Cl)c(Cl)c1. The van der Waals surface area contributed by atoms with Gasteiger partial charge in [0.15, 0.2) is 0 Å². The molecule has 2 aromatic rings. The van der Waals surface area contributed by atoms with Crippen molar-refractivity contribution in [3.8, 4) is 0 Å². The van der Waals surface area contributed by atoms with Gasteiger partial charge in [-0.15, -0.1) is 0 Å². The van der Waals surface area contributed by atoms with Gasteiger partial charge in [0.05, 0.1) is 32.8 Å². The van der Waals surface area contributed by atoms with E-state index in [1.807, 2.05) is 0 Å². The molecule has 0 atom stereocenters. The number of rotatable bonds is 5. The van der Waals surface area contributed by atoms with Crippen molar-refractivity contribution in [1.82, 2.24) is 0 Å². The van der Waals surface area contributed by atoms with E-state index in [9.17, 15) is 13.2 Å². The van der Waals surface area contributed by atoms with Crippen molar-refractivity contribution in [2.75, 3.05) is 18.0 Å². The number of esters is 1. The van der Waals surface area contributed by atoms with E-state index < -0.39 is 22.5 Å². The number of hydrogen-bond donors (Lipinski definition) is 0. The molecule has 0 unspecified atom stereocenters. The van der Waals surface area contributed by atoms with Gasteiger partial charge in [-0.2, -0.15) is 0 Å². The molecule has 2 aromatic carbocycles. The Morgan fingerprint density at radius 2 is 1.64 bits per heavy atom. The fourth-order valence-corrected chi connectivity index (χ4v) is 4.17. The maximum atomic E-state index is 13.0. The van der Waals surface area contributed by atoms with Gasteiger partial charge in [0.25, 0.3) is 10.0 Å². The summed E-state index contributed by atoms with van der Waals surface area (Å²) < 4.78 is 31.4. The molecule has 0 aliphatic rings. The van der Waals surface area contributed by atoms with Gasteiger partial charge < -0.3 is 4.74 Å². The van der Waals surface area contributed by atoms with E-state index in [0.717, 1.165) is 11.4 Å². The third-order valence-electron chi connectivity index (χ3n) is 3.16. The van der Waals surface area contributed by atoms with Crippen LogP contribution in [0.3, 0.4) is 0 Å². The van der Waals surface area contributed by atoms with Crippen LogP contribution in [0.2, 0.25) is 20.1 Å². The van der Waals surface area contributed by atoms with Crippen LogP contribution >= 0.6 is 46.4 Å². The van der Waals surface area contributed by atoms with Crippen molar-refractivity contribution in [2.24, 2.45) is 0 Å². The summed E-state index contributed by atoms with van der Waals surface area (Å²) in [5.74, 6) is -0.778. The molecular weight excluding hydrogens is 432 g/mol. The number of methoxy groups -OCH3 is 1. The Hall–Kier alpha value is -1.18. The molecule has 0 saturated carbocycles. The fraction of sp³-hybridized carbons (Fsp3) is 0.133. The summed E-state index contributed by atoms with van der Waals surface area (Å²) in [4.78, 5) is 11.6. The first-order chi connectivity index (χ1) is 11.7. The number of halogens is 4. The fourth-order valence-electron chi connectivity index (χ4n) is 1.92. The first-order valence-electron chi connectivity index (χ1n) is 6.66. The summed E-state index contributed by atoms with van der Waals surface area (Å²) in [6.45, 7) is -0.598. The quantitative estimate of drug-likeness (QED) is 0.631. The highest BCUT2D eigenvalue weighted by Gasteiger charge is 2.29. The maximum Gasteiger partial charge on any atom is 0.326 e. The minimum atomic E-state index is -4.19. The third-order valence-corrected chi connectivity index (χ3v) is 6.21. The summed E-state index contributed by atoms with van der Waals surface area (Å²) in [5.41, 5.74) is 0.0330. The van der Waals surface area contributed by atoms with Crippen LogP contribution in [-0.4, -0.2) is 28.0 Å². The summed E-state index contributed by atoms with van der Waals surface area (Å²) in [7, 11) is -3.05. The maximum absolute atomic E-state index is 13.0. The van der Waals surface area contributed by atoms with Gasteiger partial charge in [0, 0.05) is 5.02 Å². The molecule has 0 spiro atoms. The molecule has 0 radical (unpaired) electrons. The van der Waals surface area contributed by atoms with Gasteiger partial charge in [-0.05, 0) is 36.4 Å². The number of carbonyl (C=O) groups is 1. The van der Waals surface area contributed by atoms with Crippen LogP contribution in [0.4, 0.5) is 5.69 Å². The molecule has 0 fully saturated rings. The normalized spacial score (nSPS) is 11.2. The van der Waals surface area contributed by atoms with Crippen molar-refractivity contribution in [2.45, 2.75) is 4.90 Å². The largest absolute Gasteiger partial charge is 0.468 e. The summed E-state index contributed by atoms with van der Waals surface area (Å²) in [6, 6.07) is 8.05. The lowest BCUT2D eigenvalue weighted by molar-refractivity contribution is -0.138. The third kappa shape index (κ3) is 4.51. The number of carbonyl (C=O) groups excluding carboxylic acids is 1. The number of anilines is 1. The molecule has 0 heterocycles. The number of sulfonamides is 1. The number of ether oxygens (including phenoxy) is 1. The lowest BCUT2D eigenvalue weighted by Crippen LogP contribution is -2.36. The lowest BCUT2D eigenvalue weighted by Gasteiger charge is -2.24. The average molecular weight is 443 g/mol.